The van der Waals surface area contributed by atoms with Crippen molar-refractivity contribution in [2.45, 2.75) is 31.2 Å². The minimum atomic E-state index is 0.0615. The molecule has 3 nitrogen and oxygen atoms in total. The van der Waals surface area contributed by atoms with Gasteiger partial charge >= 0.3 is 0 Å². The molecule has 2 rings (SSSR count). The highest BCUT2D eigenvalue weighted by Crippen LogP contribution is 2.35. The van der Waals surface area contributed by atoms with Crippen molar-refractivity contribution < 1.29 is 0 Å². The third kappa shape index (κ3) is 1.48. The summed E-state index contributed by atoms with van der Waals surface area (Å²) < 4.78 is 2.11. The minimum Gasteiger partial charge on any atom is -0.347 e. The Morgan fingerprint density at radius 2 is 1.86 bits per heavy atom. The van der Waals surface area contributed by atoms with Crippen molar-refractivity contribution in [3.8, 4) is 0 Å². The Bertz CT molecular complexity index is 343. The quantitative estimate of drug-likeness (QED) is 0.762. The predicted molar refractivity (Wildman–Crippen MR) is 56.2 cm³/mol. The zero-order chi connectivity index (χ0) is 10.0. The van der Waals surface area contributed by atoms with E-state index in [2.05, 4.69) is 4.57 Å². The van der Waals surface area contributed by atoms with Crippen LogP contribution in [0.15, 0.2) is 29.3 Å². The Kier molecular flexibility index (Phi) is 2.42. The Morgan fingerprint density at radius 1 is 1.29 bits per heavy atom. The van der Waals surface area contributed by atoms with E-state index in [0.29, 0.717) is 6.54 Å². The first-order valence-electron chi connectivity index (χ1n) is 5.16. The van der Waals surface area contributed by atoms with Crippen LogP contribution in [0.2, 0.25) is 0 Å². The molecule has 0 atom stereocenters. The standard InChI is InChI=1S/C11H16N2O/c12-9-11(5-1-2-6-11)13-7-3-10(14)4-8-13/h3-4,7-8H,1-2,5-6,9,12H2. The highest BCUT2D eigenvalue weighted by Gasteiger charge is 2.33. The molecule has 3 heteroatoms. The number of nitrogens with zero attached hydrogens (tertiary/aromatic N) is 1. The summed E-state index contributed by atoms with van der Waals surface area (Å²) in [6.45, 7) is 0.663. The second kappa shape index (κ2) is 3.58. The fourth-order valence-electron chi connectivity index (χ4n) is 2.33. The van der Waals surface area contributed by atoms with Gasteiger partial charge in [-0.15, -0.1) is 0 Å². The Labute approximate surface area is 83.5 Å². The van der Waals surface area contributed by atoms with E-state index in [1.165, 1.54) is 12.8 Å². The topological polar surface area (TPSA) is 48.0 Å². The molecular weight excluding hydrogens is 176 g/mol. The van der Waals surface area contributed by atoms with Gasteiger partial charge in [-0.3, -0.25) is 4.79 Å². The summed E-state index contributed by atoms with van der Waals surface area (Å²) in [4.78, 5) is 11.0. The first-order chi connectivity index (χ1) is 6.77. The van der Waals surface area contributed by atoms with Gasteiger partial charge in [0.15, 0.2) is 5.43 Å². The van der Waals surface area contributed by atoms with Crippen molar-refractivity contribution in [3.05, 3.63) is 34.7 Å². The van der Waals surface area contributed by atoms with E-state index >= 15 is 0 Å². The molecule has 0 saturated heterocycles. The van der Waals surface area contributed by atoms with Crippen LogP contribution in [0, 0.1) is 0 Å². The third-order valence-corrected chi connectivity index (χ3v) is 3.26. The predicted octanol–water partition coefficient (Wildman–Crippen LogP) is 1.08. The lowest BCUT2D eigenvalue weighted by atomic mass is 9.97. The van der Waals surface area contributed by atoms with Crippen LogP contribution in [0.1, 0.15) is 25.7 Å². The first-order valence-corrected chi connectivity index (χ1v) is 5.16. The lowest BCUT2D eigenvalue weighted by Gasteiger charge is -2.30. The normalized spacial score (nSPS) is 19.8. The van der Waals surface area contributed by atoms with Crippen molar-refractivity contribution in [3.63, 3.8) is 0 Å². The van der Waals surface area contributed by atoms with Crippen molar-refractivity contribution in [2.75, 3.05) is 6.54 Å². The average Bonchev–Trinajstić information content (AvgIpc) is 2.68. The maximum atomic E-state index is 11.0. The zero-order valence-electron chi connectivity index (χ0n) is 8.28. The molecule has 1 aromatic heterocycles. The molecule has 1 saturated carbocycles. The summed E-state index contributed by atoms with van der Waals surface area (Å²) >= 11 is 0. The number of hydrogen-bond donors (Lipinski definition) is 1. The number of nitrogens with two attached hydrogens (primary N) is 1. The summed E-state index contributed by atoms with van der Waals surface area (Å²) in [5.41, 5.74) is 5.98. The average molecular weight is 192 g/mol. The van der Waals surface area contributed by atoms with Crippen LogP contribution < -0.4 is 11.2 Å². The SMILES string of the molecule is NCC1(n2ccc(=O)cc2)CCCC1. The van der Waals surface area contributed by atoms with Crippen LogP contribution in [0.4, 0.5) is 0 Å². The van der Waals surface area contributed by atoms with Crippen LogP contribution in [0.3, 0.4) is 0 Å². The largest absolute Gasteiger partial charge is 0.347 e. The van der Waals surface area contributed by atoms with Crippen molar-refractivity contribution >= 4 is 0 Å². The molecular formula is C11H16N2O. The number of rotatable bonds is 2. The van der Waals surface area contributed by atoms with Crippen molar-refractivity contribution in [1.82, 2.24) is 4.57 Å². The first kappa shape index (κ1) is 9.46. The van der Waals surface area contributed by atoms with Crippen LogP contribution in [-0.2, 0) is 5.54 Å². The van der Waals surface area contributed by atoms with Crippen LogP contribution in [0.25, 0.3) is 0 Å². The molecule has 1 heterocycles. The highest BCUT2D eigenvalue weighted by atomic mass is 16.1. The molecule has 0 aliphatic heterocycles. The molecule has 1 aromatic rings. The molecule has 76 valence electrons. The van der Waals surface area contributed by atoms with Gasteiger partial charge < -0.3 is 10.3 Å². The van der Waals surface area contributed by atoms with E-state index in [1.54, 1.807) is 12.1 Å². The van der Waals surface area contributed by atoms with Gasteiger partial charge in [-0.25, -0.2) is 0 Å². The van der Waals surface area contributed by atoms with Crippen LogP contribution in [0.5, 0.6) is 0 Å². The Hall–Kier alpha value is -1.09. The van der Waals surface area contributed by atoms with Gasteiger partial charge in [0.05, 0.1) is 5.54 Å². The molecule has 0 unspecified atom stereocenters. The molecule has 1 aliphatic rings. The number of pyridine rings is 1. The smallest absolute Gasteiger partial charge is 0.181 e. The molecule has 0 bridgehead atoms. The highest BCUT2D eigenvalue weighted by molar-refractivity contribution is 5.01. The van der Waals surface area contributed by atoms with E-state index in [4.69, 9.17) is 5.73 Å². The summed E-state index contributed by atoms with van der Waals surface area (Å²) in [5.74, 6) is 0. The van der Waals surface area contributed by atoms with Crippen molar-refractivity contribution in [2.24, 2.45) is 5.73 Å². The lowest BCUT2D eigenvalue weighted by molar-refractivity contribution is 0.302. The van der Waals surface area contributed by atoms with Crippen LogP contribution in [-0.4, -0.2) is 11.1 Å². The Morgan fingerprint density at radius 3 is 2.36 bits per heavy atom. The zero-order valence-corrected chi connectivity index (χ0v) is 8.28. The van der Waals surface area contributed by atoms with Gasteiger partial charge in [0, 0.05) is 31.1 Å². The third-order valence-electron chi connectivity index (χ3n) is 3.26. The summed E-state index contributed by atoms with van der Waals surface area (Å²) in [5, 5.41) is 0. The van der Waals surface area contributed by atoms with Gasteiger partial charge in [-0.05, 0) is 12.8 Å². The Balaban J connectivity index is 2.36. The second-order valence-electron chi connectivity index (χ2n) is 4.08. The molecule has 1 aliphatic carbocycles. The molecule has 0 spiro atoms. The van der Waals surface area contributed by atoms with Gasteiger partial charge in [0.25, 0.3) is 0 Å². The summed E-state index contributed by atoms with van der Waals surface area (Å²) in [7, 11) is 0. The van der Waals surface area contributed by atoms with Gasteiger partial charge in [-0.1, -0.05) is 12.8 Å². The monoisotopic (exact) mass is 192 g/mol. The fourth-order valence-corrected chi connectivity index (χ4v) is 2.33. The molecule has 2 N–H and O–H groups in total. The molecule has 14 heavy (non-hydrogen) atoms. The number of hydrogen-bond acceptors (Lipinski definition) is 2. The fraction of sp³-hybridized carbons (Fsp3) is 0.545. The number of aromatic nitrogens is 1. The second-order valence-corrected chi connectivity index (χ2v) is 4.08. The lowest BCUT2D eigenvalue weighted by Crippen LogP contribution is -2.38. The minimum absolute atomic E-state index is 0.0615. The van der Waals surface area contributed by atoms with E-state index in [9.17, 15) is 4.79 Å². The van der Waals surface area contributed by atoms with Crippen LogP contribution >= 0.6 is 0 Å². The van der Waals surface area contributed by atoms with Gasteiger partial charge in [0.1, 0.15) is 0 Å². The van der Waals surface area contributed by atoms with Gasteiger partial charge in [-0.2, -0.15) is 0 Å². The van der Waals surface area contributed by atoms with Crippen molar-refractivity contribution in [1.29, 1.82) is 0 Å². The van der Waals surface area contributed by atoms with E-state index in [1.807, 2.05) is 12.4 Å². The maximum absolute atomic E-state index is 11.0. The van der Waals surface area contributed by atoms with E-state index < -0.39 is 0 Å². The molecule has 0 radical (unpaired) electrons. The summed E-state index contributed by atoms with van der Waals surface area (Å²) in [6.07, 6.45) is 8.46. The molecule has 0 amide bonds. The van der Waals surface area contributed by atoms with E-state index in [0.717, 1.165) is 12.8 Å². The molecule has 0 aromatic carbocycles. The maximum Gasteiger partial charge on any atom is 0.181 e. The van der Waals surface area contributed by atoms with Gasteiger partial charge in [0.2, 0.25) is 0 Å². The van der Waals surface area contributed by atoms with E-state index in [-0.39, 0.29) is 11.0 Å². The summed E-state index contributed by atoms with van der Waals surface area (Å²) in [6, 6.07) is 3.21. The molecule has 1 fully saturated rings.